The molecule has 1 aromatic heterocycles. The third-order valence-corrected chi connectivity index (χ3v) is 3.23. The summed E-state index contributed by atoms with van der Waals surface area (Å²) in [7, 11) is 0. The Bertz CT molecular complexity index is 589. The molecule has 18 heavy (non-hydrogen) atoms. The first-order valence-electron chi connectivity index (χ1n) is 4.81. The summed E-state index contributed by atoms with van der Waals surface area (Å²) in [5, 5.41) is 3.23. The topological polar surface area (TPSA) is 54.9 Å². The molecule has 92 valence electrons. The van der Waals surface area contributed by atoms with Gasteiger partial charge in [-0.3, -0.25) is 4.79 Å². The molecular formula is C11H6Br2ClN3O. The molecule has 0 unspecified atom stereocenters. The van der Waals surface area contributed by atoms with Gasteiger partial charge in [0.25, 0.3) is 5.91 Å². The van der Waals surface area contributed by atoms with E-state index in [1.807, 2.05) is 0 Å². The van der Waals surface area contributed by atoms with Crippen LogP contribution >= 0.6 is 43.5 Å². The van der Waals surface area contributed by atoms with Crippen LogP contribution in [0.25, 0.3) is 0 Å². The van der Waals surface area contributed by atoms with Crippen molar-refractivity contribution in [3.63, 3.8) is 0 Å². The summed E-state index contributed by atoms with van der Waals surface area (Å²) >= 11 is 12.2. The van der Waals surface area contributed by atoms with Crippen molar-refractivity contribution in [1.82, 2.24) is 9.97 Å². The Morgan fingerprint density at radius 3 is 2.50 bits per heavy atom. The summed E-state index contributed by atoms with van der Waals surface area (Å²) in [6.45, 7) is 0. The molecule has 0 radical (unpaired) electrons. The van der Waals surface area contributed by atoms with E-state index in [1.165, 1.54) is 6.20 Å². The molecule has 0 saturated heterocycles. The van der Waals surface area contributed by atoms with Crippen LogP contribution in [0.4, 0.5) is 5.82 Å². The lowest BCUT2D eigenvalue weighted by molar-refractivity contribution is 0.102. The molecular weight excluding hydrogens is 385 g/mol. The van der Waals surface area contributed by atoms with Gasteiger partial charge < -0.3 is 5.32 Å². The third-order valence-electron chi connectivity index (χ3n) is 2.04. The highest BCUT2D eigenvalue weighted by atomic mass is 79.9. The van der Waals surface area contributed by atoms with Gasteiger partial charge in [0, 0.05) is 10.6 Å². The molecule has 7 heteroatoms. The molecule has 0 atom stereocenters. The zero-order valence-electron chi connectivity index (χ0n) is 8.82. The first kappa shape index (κ1) is 13.5. The summed E-state index contributed by atoms with van der Waals surface area (Å²) in [6, 6.07) is 6.58. The van der Waals surface area contributed by atoms with Gasteiger partial charge in [0.15, 0.2) is 5.82 Å². The predicted octanol–water partition coefficient (Wildman–Crippen LogP) is 3.91. The highest BCUT2D eigenvalue weighted by Gasteiger charge is 2.10. The predicted molar refractivity (Wildman–Crippen MR) is 76.8 cm³/mol. The van der Waals surface area contributed by atoms with Crippen molar-refractivity contribution in [3.8, 4) is 0 Å². The fraction of sp³-hybridized carbons (Fsp3) is 0. The van der Waals surface area contributed by atoms with Gasteiger partial charge in [0.2, 0.25) is 0 Å². The van der Waals surface area contributed by atoms with E-state index < -0.39 is 0 Å². The lowest BCUT2D eigenvalue weighted by Crippen LogP contribution is -2.13. The van der Waals surface area contributed by atoms with Crippen LogP contribution in [0.2, 0.25) is 5.02 Å². The molecule has 0 bridgehead atoms. The van der Waals surface area contributed by atoms with Gasteiger partial charge in [-0.2, -0.15) is 0 Å². The molecule has 0 fully saturated rings. The standard InChI is InChI=1S/C11H6Br2ClN3O/c12-8-5-15-10(9(13)16-8)17-11(18)6-1-3-7(14)4-2-6/h1-5H,(H,15,17,18). The Hall–Kier alpha value is -0.980. The van der Waals surface area contributed by atoms with Crippen molar-refractivity contribution in [3.05, 3.63) is 50.3 Å². The Kier molecular flexibility index (Phi) is 4.31. The summed E-state index contributed by atoms with van der Waals surface area (Å²) < 4.78 is 1.04. The lowest BCUT2D eigenvalue weighted by atomic mass is 10.2. The van der Waals surface area contributed by atoms with Crippen molar-refractivity contribution in [2.24, 2.45) is 0 Å². The highest BCUT2D eigenvalue weighted by molar-refractivity contribution is 9.11. The first-order valence-corrected chi connectivity index (χ1v) is 6.77. The Balaban J connectivity index is 2.18. The van der Waals surface area contributed by atoms with Crippen molar-refractivity contribution >= 4 is 55.2 Å². The molecule has 2 aromatic rings. The number of hydrogen-bond acceptors (Lipinski definition) is 3. The Morgan fingerprint density at radius 2 is 1.89 bits per heavy atom. The van der Waals surface area contributed by atoms with Crippen LogP contribution in [-0.2, 0) is 0 Å². The fourth-order valence-electron chi connectivity index (χ4n) is 1.21. The average molecular weight is 391 g/mol. The number of benzene rings is 1. The SMILES string of the molecule is O=C(Nc1ncc(Br)nc1Br)c1ccc(Cl)cc1. The van der Waals surface area contributed by atoms with Crippen LogP contribution in [0, 0.1) is 0 Å². The number of hydrogen-bond donors (Lipinski definition) is 1. The van der Waals surface area contributed by atoms with Gasteiger partial charge in [-0.25, -0.2) is 9.97 Å². The maximum atomic E-state index is 11.9. The van der Waals surface area contributed by atoms with Crippen molar-refractivity contribution in [2.45, 2.75) is 0 Å². The summed E-state index contributed by atoms with van der Waals surface area (Å²) in [6.07, 6.45) is 1.50. The van der Waals surface area contributed by atoms with Crippen LogP contribution in [-0.4, -0.2) is 15.9 Å². The van der Waals surface area contributed by atoms with Crippen molar-refractivity contribution < 1.29 is 4.79 Å². The van der Waals surface area contributed by atoms with Crippen LogP contribution in [0.5, 0.6) is 0 Å². The smallest absolute Gasteiger partial charge is 0.256 e. The Morgan fingerprint density at radius 1 is 1.22 bits per heavy atom. The quantitative estimate of drug-likeness (QED) is 0.845. The van der Waals surface area contributed by atoms with E-state index in [2.05, 4.69) is 47.1 Å². The zero-order chi connectivity index (χ0) is 13.1. The Labute approximate surface area is 125 Å². The molecule has 4 nitrogen and oxygen atoms in total. The minimum absolute atomic E-state index is 0.274. The third kappa shape index (κ3) is 3.28. The van der Waals surface area contributed by atoms with Gasteiger partial charge in [0.05, 0.1) is 6.20 Å². The zero-order valence-corrected chi connectivity index (χ0v) is 12.8. The first-order chi connectivity index (χ1) is 8.56. The van der Waals surface area contributed by atoms with Crippen LogP contribution < -0.4 is 5.32 Å². The molecule has 1 aromatic carbocycles. The number of nitrogens with one attached hydrogen (secondary N) is 1. The van der Waals surface area contributed by atoms with E-state index in [0.29, 0.717) is 25.6 Å². The molecule has 0 spiro atoms. The molecule has 1 amide bonds. The van der Waals surface area contributed by atoms with E-state index in [-0.39, 0.29) is 5.91 Å². The maximum Gasteiger partial charge on any atom is 0.256 e. The van der Waals surface area contributed by atoms with Crippen molar-refractivity contribution in [2.75, 3.05) is 5.32 Å². The number of rotatable bonds is 2. The molecule has 0 aliphatic carbocycles. The second-order valence-electron chi connectivity index (χ2n) is 3.29. The summed E-state index contributed by atoms with van der Waals surface area (Å²) in [5.74, 6) is 0.0853. The summed E-state index contributed by atoms with van der Waals surface area (Å²) in [5.41, 5.74) is 0.496. The number of aromatic nitrogens is 2. The average Bonchev–Trinajstić information content (AvgIpc) is 2.33. The number of anilines is 1. The highest BCUT2D eigenvalue weighted by Crippen LogP contribution is 2.20. The van der Waals surface area contributed by atoms with Gasteiger partial charge in [-0.15, -0.1) is 0 Å². The maximum absolute atomic E-state index is 11.9. The second-order valence-corrected chi connectivity index (χ2v) is 5.29. The van der Waals surface area contributed by atoms with Gasteiger partial charge in [-0.05, 0) is 56.1 Å². The van der Waals surface area contributed by atoms with Gasteiger partial charge in [0.1, 0.15) is 9.21 Å². The van der Waals surface area contributed by atoms with E-state index in [9.17, 15) is 4.79 Å². The van der Waals surface area contributed by atoms with Gasteiger partial charge >= 0.3 is 0 Å². The summed E-state index contributed by atoms with van der Waals surface area (Å²) in [4.78, 5) is 20.0. The molecule has 1 heterocycles. The van der Waals surface area contributed by atoms with Gasteiger partial charge in [-0.1, -0.05) is 11.6 Å². The van der Waals surface area contributed by atoms with E-state index in [1.54, 1.807) is 24.3 Å². The monoisotopic (exact) mass is 389 g/mol. The largest absolute Gasteiger partial charge is 0.304 e. The minimum atomic E-state index is -0.274. The molecule has 0 saturated carbocycles. The fourth-order valence-corrected chi connectivity index (χ4v) is 2.25. The number of amides is 1. The number of carbonyl (C=O) groups is 1. The number of nitrogens with zero attached hydrogens (tertiary/aromatic N) is 2. The lowest BCUT2D eigenvalue weighted by Gasteiger charge is -2.06. The minimum Gasteiger partial charge on any atom is -0.304 e. The molecule has 1 N–H and O–H groups in total. The molecule has 0 aliphatic heterocycles. The van der Waals surface area contributed by atoms with Crippen LogP contribution in [0.15, 0.2) is 39.7 Å². The molecule has 0 aliphatic rings. The number of carbonyl (C=O) groups excluding carboxylic acids is 1. The van der Waals surface area contributed by atoms with E-state index in [0.717, 1.165) is 0 Å². The molecule has 2 rings (SSSR count). The van der Waals surface area contributed by atoms with Crippen molar-refractivity contribution in [1.29, 1.82) is 0 Å². The van der Waals surface area contributed by atoms with E-state index in [4.69, 9.17) is 11.6 Å². The van der Waals surface area contributed by atoms with Crippen LogP contribution in [0.3, 0.4) is 0 Å². The van der Waals surface area contributed by atoms with Crippen LogP contribution in [0.1, 0.15) is 10.4 Å². The second kappa shape index (κ2) is 5.77. The van der Waals surface area contributed by atoms with E-state index >= 15 is 0 Å². The number of halogens is 3. The normalized spacial score (nSPS) is 10.2.